The van der Waals surface area contributed by atoms with E-state index >= 15 is 0 Å². The summed E-state index contributed by atoms with van der Waals surface area (Å²) >= 11 is 4.93. The minimum absolute atomic E-state index is 0.212. The molecule has 1 aromatic carbocycles. The summed E-state index contributed by atoms with van der Waals surface area (Å²) in [5.74, 6) is -0.212. The number of hydrogen-bond donors (Lipinski definition) is 1. The number of rotatable bonds is 4. The van der Waals surface area contributed by atoms with Gasteiger partial charge in [0.15, 0.2) is 0 Å². The van der Waals surface area contributed by atoms with Crippen molar-refractivity contribution in [3.05, 3.63) is 45.0 Å². The first-order valence-electron chi connectivity index (χ1n) is 6.25. The zero-order valence-electron chi connectivity index (χ0n) is 11.3. The van der Waals surface area contributed by atoms with Crippen LogP contribution in [0.15, 0.2) is 28.7 Å². The summed E-state index contributed by atoms with van der Waals surface area (Å²) < 4.78 is 14.2. The highest BCUT2D eigenvalue weighted by Gasteiger charge is 2.10. The molecule has 0 radical (unpaired) electrons. The van der Waals surface area contributed by atoms with E-state index in [2.05, 4.69) is 47.2 Å². The zero-order chi connectivity index (χ0) is 14.0. The van der Waals surface area contributed by atoms with Crippen LogP contribution < -0.4 is 5.32 Å². The molecular formula is C15H17BrFNS. The lowest BCUT2D eigenvalue weighted by molar-refractivity contribution is 0.593. The van der Waals surface area contributed by atoms with Gasteiger partial charge in [0.25, 0.3) is 0 Å². The van der Waals surface area contributed by atoms with Gasteiger partial charge in [-0.2, -0.15) is 0 Å². The van der Waals surface area contributed by atoms with Crippen molar-refractivity contribution < 1.29 is 4.39 Å². The molecule has 1 nitrogen and oxygen atoms in total. The van der Waals surface area contributed by atoms with Gasteiger partial charge in [0.2, 0.25) is 0 Å². The highest BCUT2D eigenvalue weighted by molar-refractivity contribution is 9.10. The summed E-state index contributed by atoms with van der Waals surface area (Å²) in [5.41, 5.74) is 2.06. The maximum absolute atomic E-state index is 13.7. The van der Waals surface area contributed by atoms with Crippen LogP contribution in [-0.4, -0.2) is 6.04 Å². The van der Waals surface area contributed by atoms with Crippen LogP contribution in [0.4, 0.5) is 4.39 Å². The highest BCUT2D eigenvalue weighted by Crippen LogP contribution is 2.33. The molecule has 1 heterocycles. The summed E-state index contributed by atoms with van der Waals surface area (Å²) in [7, 11) is 0. The fourth-order valence-electron chi connectivity index (χ4n) is 1.83. The standard InChI is InChI=1S/C15H17BrFNS/c1-9(2)18-8-11-4-5-15(19-11)12-7-14(17)13(16)6-10(12)3/h4-7,9,18H,8H2,1-3H3. The average Bonchev–Trinajstić information content (AvgIpc) is 2.80. The summed E-state index contributed by atoms with van der Waals surface area (Å²) in [6.07, 6.45) is 0. The smallest absolute Gasteiger partial charge is 0.138 e. The molecule has 19 heavy (non-hydrogen) atoms. The molecule has 1 N–H and O–H groups in total. The minimum Gasteiger partial charge on any atom is -0.310 e. The van der Waals surface area contributed by atoms with Gasteiger partial charge in [0.1, 0.15) is 5.82 Å². The number of aryl methyl sites for hydroxylation is 1. The Bertz CT molecular complexity index is 578. The fraction of sp³-hybridized carbons (Fsp3) is 0.333. The van der Waals surface area contributed by atoms with Gasteiger partial charge in [-0.1, -0.05) is 13.8 Å². The molecule has 0 aliphatic rings. The quantitative estimate of drug-likeness (QED) is 0.813. The molecule has 0 aliphatic carbocycles. The van der Waals surface area contributed by atoms with Crippen LogP contribution in [0.2, 0.25) is 0 Å². The Morgan fingerprint density at radius 1 is 1.32 bits per heavy atom. The molecule has 2 rings (SSSR count). The van der Waals surface area contributed by atoms with Gasteiger partial charge in [-0.25, -0.2) is 4.39 Å². The predicted molar refractivity (Wildman–Crippen MR) is 84.1 cm³/mol. The first-order valence-corrected chi connectivity index (χ1v) is 7.86. The lowest BCUT2D eigenvalue weighted by atomic mass is 10.1. The van der Waals surface area contributed by atoms with E-state index in [0.29, 0.717) is 10.5 Å². The van der Waals surface area contributed by atoms with E-state index in [0.717, 1.165) is 22.5 Å². The Balaban J connectivity index is 2.25. The topological polar surface area (TPSA) is 12.0 Å². The number of nitrogens with one attached hydrogen (secondary N) is 1. The molecule has 0 aliphatic heterocycles. The van der Waals surface area contributed by atoms with Crippen LogP contribution >= 0.6 is 27.3 Å². The van der Waals surface area contributed by atoms with Crippen molar-refractivity contribution in [2.24, 2.45) is 0 Å². The molecule has 0 unspecified atom stereocenters. The van der Waals surface area contributed by atoms with Crippen LogP contribution in [0.25, 0.3) is 10.4 Å². The second-order valence-electron chi connectivity index (χ2n) is 4.88. The van der Waals surface area contributed by atoms with Crippen LogP contribution in [-0.2, 0) is 6.54 Å². The van der Waals surface area contributed by atoms with E-state index in [1.165, 1.54) is 4.88 Å². The maximum Gasteiger partial charge on any atom is 0.138 e. The van der Waals surface area contributed by atoms with Crippen LogP contribution in [0.1, 0.15) is 24.3 Å². The Kier molecular flexibility index (Phi) is 4.76. The van der Waals surface area contributed by atoms with Gasteiger partial charge in [-0.05, 0) is 58.2 Å². The van der Waals surface area contributed by atoms with Crippen LogP contribution in [0.5, 0.6) is 0 Å². The molecule has 0 spiro atoms. The monoisotopic (exact) mass is 341 g/mol. The van der Waals surface area contributed by atoms with Gasteiger partial charge in [0, 0.05) is 22.3 Å². The summed E-state index contributed by atoms with van der Waals surface area (Å²) in [5, 5.41) is 3.39. The molecule has 0 amide bonds. The molecule has 0 saturated heterocycles. The molecule has 0 bridgehead atoms. The number of halogens is 2. The van der Waals surface area contributed by atoms with Crippen molar-refractivity contribution in [3.63, 3.8) is 0 Å². The van der Waals surface area contributed by atoms with E-state index in [9.17, 15) is 4.39 Å². The molecule has 4 heteroatoms. The van der Waals surface area contributed by atoms with E-state index in [1.54, 1.807) is 17.4 Å². The number of benzene rings is 1. The minimum atomic E-state index is -0.212. The van der Waals surface area contributed by atoms with Crippen molar-refractivity contribution in [2.45, 2.75) is 33.4 Å². The summed E-state index contributed by atoms with van der Waals surface area (Å²) in [6, 6.07) is 8.07. The molecule has 0 atom stereocenters. The first kappa shape index (κ1) is 14.7. The summed E-state index contributed by atoms with van der Waals surface area (Å²) in [4.78, 5) is 2.39. The number of thiophene rings is 1. The summed E-state index contributed by atoms with van der Waals surface area (Å²) in [6.45, 7) is 7.12. The van der Waals surface area contributed by atoms with Gasteiger partial charge in [-0.15, -0.1) is 11.3 Å². The van der Waals surface area contributed by atoms with E-state index in [-0.39, 0.29) is 5.82 Å². The Morgan fingerprint density at radius 3 is 2.74 bits per heavy atom. The average molecular weight is 342 g/mol. The highest BCUT2D eigenvalue weighted by atomic mass is 79.9. The van der Waals surface area contributed by atoms with Crippen molar-refractivity contribution in [1.82, 2.24) is 5.32 Å². The molecule has 1 aromatic heterocycles. The van der Waals surface area contributed by atoms with Crippen molar-refractivity contribution in [2.75, 3.05) is 0 Å². The molecule has 102 valence electrons. The Hall–Kier alpha value is -0.710. The fourth-order valence-corrected chi connectivity index (χ4v) is 3.33. The zero-order valence-corrected chi connectivity index (χ0v) is 13.7. The third-order valence-electron chi connectivity index (χ3n) is 2.88. The predicted octanol–water partition coefficient (Wildman–Crippen LogP) is 5.12. The lowest BCUT2D eigenvalue weighted by Gasteiger charge is -2.06. The molecule has 0 fully saturated rings. The SMILES string of the molecule is Cc1cc(Br)c(F)cc1-c1ccc(CNC(C)C)s1. The van der Waals surface area contributed by atoms with Crippen molar-refractivity contribution >= 4 is 27.3 Å². The van der Waals surface area contributed by atoms with Gasteiger partial charge >= 0.3 is 0 Å². The van der Waals surface area contributed by atoms with Crippen molar-refractivity contribution in [3.8, 4) is 10.4 Å². The van der Waals surface area contributed by atoms with Crippen molar-refractivity contribution in [1.29, 1.82) is 0 Å². The molecule has 2 aromatic rings. The van der Waals surface area contributed by atoms with Gasteiger partial charge < -0.3 is 5.32 Å². The van der Waals surface area contributed by atoms with E-state index in [4.69, 9.17) is 0 Å². The number of hydrogen-bond acceptors (Lipinski definition) is 2. The normalized spacial score (nSPS) is 11.3. The van der Waals surface area contributed by atoms with Crippen LogP contribution in [0.3, 0.4) is 0 Å². The third-order valence-corrected chi connectivity index (χ3v) is 4.61. The third kappa shape index (κ3) is 3.65. The van der Waals surface area contributed by atoms with Gasteiger partial charge in [0.05, 0.1) is 4.47 Å². The lowest BCUT2D eigenvalue weighted by Crippen LogP contribution is -2.21. The largest absolute Gasteiger partial charge is 0.310 e. The van der Waals surface area contributed by atoms with E-state index in [1.807, 2.05) is 13.0 Å². The second-order valence-corrected chi connectivity index (χ2v) is 6.91. The Labute approximate surface area is 126 Å². The van der Waals surface area contributed by atoms with E-state index < -0.39 is 0 Å². The first-order chi connectivity index (χ1) is 8.97. The maximum atomic E-state index is 13.7. The molecule has 0 saturated carbocycles. The van der Waals surface area contributed by atoms with Gasteiger partial charge in [-0.3, -0.25) is 0 Å². The Morgan fingerprint density at radius 2 is 2.05 bits per heavy atom. The van der Waals surface area contributed by atoms with Crippen LogP contribution in [0, 0.1) is 12.7 Å². The second kappa shape index (κ2) is 6.16. The molecular weight excluding hydrogens is 325 g/mol.